The van der Waals surface area contributed by atoms with E-state index in [0.717, 1.165) is 47.3 Å². The van der Waals surface area contributed by atoms with Crippen molar-refractivity contribution in [3.63, 3.8) is 0 Å². The Morgan fingerprint density at radius 3 is 2.24 bits per heavy atom. The van der Waals surface area contributed by atoms with E-state index in [1.54, 1.807) is 51.4 Å². The lowest BCUT2D eigenvalue weighted by Crippen LogP contribution is -2.53. The Hall–Kier alpha value is 0. The molecule has 29 heavy (non-hydrogen) atoms. The van der Waals surface area contributed by atoms with Crippen LogP contribution >= 0.6 is 0 Å². The van der Waals surface area contributed by atoms with Gasteiger partial charge in [0, 0.05) is 0 Å². The summed E-state index contributed by atoms with van der Waals surface area (Å²) < 4.78 is 0. The van der Waals surface area contributed by atoms with Crippen molar-refractivity contribution in [3.05, 3.63) is 0 Å². The predicted molar refractivity (Wildman–Crippen MR) is 127 cm³/mol. The van der Waals surface area contributed by atoms with Gasteiger partial charge < -0.3 is 0 Å². The predicted octanol–water partition coefficient (Wildman–Crippen LogP) is 9.13. The van der Waals surface area contributed by atoms with Gasteiger partial charge in [-0.3, -0.25) is 0 Å². The lowest BCUT2D eigenvalue weighted by Gasteiger charge is -2.61. The van der Waals surface area contributed by atoms with Gasteiger partial charge in [0.05, 0.1) is 0 Å². The van der Waals surface area contributed by atoms with Gasteiger partial charge in [0.2, 0.25) is 0 Å². The van der Waals surface area contributed by atoms with Crippen molar-refractivity contribution in [2.45, 2.75) is 125 Å². The van der Waals surface area contributed by atoms with Crippen LogP contribution in [-0.2, 0) is 0 Å². The summed E-state index contributed by atoms with van der Waals surface area (Å²) in [5, 5.41) is 0. The first-order chi connectivity index (χ1) is 13.8. The lowest BCUT2D eigenvalue weighted by molar-refractivity contribution is -0.121. The molecule has 0 spiro atoms. The minimum absolute atomic E-state index is 0.669. The van der Waals surface area contributed by atoms with E-state index in [-0.39, 0.29) is 0 Å². The first kappa shape index (κ1) is 22.2. The maximum atomic E-state index is 2.76. The fraction of sp³-hybridized carbons (Fsp3) is 1.00. The summed E-state index contributed by atoms with van der Waals surface area (Å²) in [4.78, 5) is 0. The van der Waals surface area contributed by atoms with Crippen molar-refractivity contribution in [1.82, 2.24) is 0 Å². The van der Waals surface area contributed by atoms with Crippen molar-refractivity contribution < 1.29 is 0 Å². The van der Waals surface area contributed by atoms with Crippen molar-refractivity contribution in [3.8, 4) is 0 Å². The van der Waals surface area contributed by atoms with E-state index >= 15 is 0 Å². The summed E-state index contributed by atoms with van der Waals surface area (Å²) in [6, 6.07) is 0. The highest BCUT2D eigenvalue weighted by Crippen LogP contribution is 2.68. The van der Waals surface area contributed by atoms with Crippen LogP contribution in [0, 0.1) is 58.2 Å². The molecule has 0 bridgehead atoms. The largest absolute Gasteiger partial charge is 0.0651 e. The van der Waals surface area contributed by atoms with Gasteiger partial charge >= 0.3 is 0 Å². The third-order valence-electron chi connectivity index (χ3n) is 11.6. The molecule has 4 rings (SSSR count). The maximum absolute atomic E-state index is 2.76. The number of hydrogen-bond donors (Lipinski definition) is 0. The van der Waals surface area contributed by atoms with Gasteiger partial charge in [-0.15, -0.1) is 0 Å². The van der Waals surface area contributed by atoms with E-state index in [1.165, 1.54) is 32.1 Å². The zero-order chi connectivity index (χ0) is 20.8. The summed E-state index contributed by atoms with van der Waals surface area (Å²) in [5.41, 5.74) is 1.36. The van der Waals surface area contributed by atoms with E-state index in [0.29, 0.717) is 10.8 Å². The molecule has 0 amide bonds. The van der Waals surface area contributed by atoms with Gasteiger partial charge in [0.15, 0.2) is 0 Å². The Labute approximate surface area is 183 Å². The van der Waals surface area contributed by atoms with Crippen LogP contribution in [0.5, 0.6) is 0 Å². The second-order valence-corrected chi connectivity index (χ2v) is 13.2. The molecule has 0 saturated heterocycles. The van der Waals surface area contributed by atoms with Gasteiger partial charge in [-0.25, -0.2) is 0 Å². The SMILES string of the molecule is CC[C@H]1CCC2(C)C3CCC4(C)C([C@H](C)CCCC(C)C)CC[C@H]4[C@H]3CC[C@H]2C1. The maximum Gasteiger partial charge on any atom is -0.0264 e. The van der Waals surface area contributed by atoms with Crippen LogP contribution < -0.4 is 0 Å². The highest BCUT2D eigenvalue weighted by atomic mass is 14.6. The van der Waals surface area contributed by atoms with E-state index in [4.69, 9.17) is 0 Å². The lowest BCUT2D eigenvalue weighted by atomic mass is 9.44. The second-order valence-electron chi connectivity index (χ2n) is 13.2. The monoisotopic (exact) mass is 400 g/mol. The molecule has 0 aliphatic heterocycles. The standard InChI is InChI=1S/C29H52/c1-7-22-15-17-28(5)23(19-22)11-12-24-26-14-13-25(21(4)10-8-9-20(2)3)29(26,6)18-16-27(24)28/h20-27H,7-19H2,1-6H3/t21-,22+,23+,24-,25?,26+,27?,28?,29?/m1/s1. The van der Waals surface area contributed by atoms with Gasteiger partial charge in [0.25, 0.3) is 0 Å². The molecule has 4 saturated carbocycles. The Bertz CT molecular complexity index is 548. The van der Waals surface area contributed by atoms with Crippen molar-refractivity contribution in [1.29, 1.82) is 0 Å². The van der Waals surface area contributed by atoms with Gasteiger partial charge in [-0.05, 0) is 116 Å². The van der Waals surface area contributed by atoms with E-state index in [9.17, 15) is 0 Å². The van der Waals surface area contributed by atoms with Crippen LogP contribution in [0.4, 0.5) is 0 Å². The normalized spacial score (nSPS) is 48.1. The molecule has 0 nitrogen and oxygen atoms in total. The van der Waals surface area contributed by atoms with Crippen molar-refractivity contribution >= 4 is 0 Å². The third-order valence-corrected chi connectivity index (χ3v) is 11.6. The Balaban J connectivity index is 1.45. The molecule has 0 radical (unpaired) electrons. The van der Waals surface area contributed by atoms with E-state index in [1.807, 2.05) is 0 Å². The Kier molecular flexibility index (Phi) is 6.51. The zero-order valence-corrected chi connectivity index (χ0v) is 20.8. The van der Waals surface area contributed by atoms with Crippen LogP contribution in [0.25, 0.3) is 0 Å². The minimum atomic E-state index is 0.669. The molecule has 168 valence electrons. The quantitative estimate of drug-likeness (QED) is 0.417. The van der Waals surface area contributed by atoms with Gasteiger partial charge in [0.1, 0.15) is 0 Å². The summed E-state index contributed by atoms with van der Waals surface area (Å²) in [7, 11) is 0. The minimum Gasteiger partial charge on any atom is -0.0651 e. The molecule has 9 atom stereocenters. The molecular formula is C29H52. The van der Waals surface area contributed by atoms with Crippen LogP contribution in [-0.4, -0.2) is 0 Å². The molecule has 0 aromatic rings. The molecule has 0 aromatic carbocycles. The summed E-state index contributed by atoms with van der Waals surface area (Å²) in [5.74, 6) is 8.13. The zero-order valence-electron chi connectivity index (χ0n) is 20.8. The molecule has 0 aromatic heterocycles. The average Bonchev–Trinajstić information content (AvgIpc) is 3.04. The number of hydrogen-bond acceptors (Lipinski definition) is 0. The molecule has 4 aliphatic rings. The summed E-state index contributed by atoms with van der Waals surface area (Å²) in [6.45, 7) is 15.4. The fourth-order valence-corrected chi connectivity index (χ4v) is 9.74. The topological polar surface area (TPSA) is 0 Å². The molecule has 4 aliphatic carbocycles. The van der Waals surface area contributed by atoms with E-state index in [2.05, 4.69) is 41.5 Å². The molecule has 0 heteroatoms. The third kappa shape index (κ3) is 3.86. The number of rotatable bonds is 6. The smallest absolute Gasteiger partial charge is 0.0264 e. The molecule has 4 unspecified atom stereocenters. The molecule has 0 N–H and O–H groups in total. The molecule has 0 heterocycles. The first-order valence-electron chi connectivity index (χ1n) is 13.8. The van der Waals surface area contributed by atoms with Gasteiger partial charge in [-0.1, -0.05) is 67.2 Å². The average molecular weight is 401 g/mol. The van der Waals surface area contributed by atoms with Crippen molar-refractivity contribution in [2.75, 3.05) is 0 Å². The second kappa shape index (κ2) is 8.50. The van der Waals surface area contributed by atoms with E-state index < -0.39 is 0 Å². The first-order valence-corrected chi connectivity index (χ1v) is 13.8. The summed E-state index contributed by atoms with van der Waals surface area (Å²) >= 11 is 0. The highest BCUT2D eigenvalue weighted by Gasteiger charge is 2.60. The molecular weight excluding hydrogens is 348 g/mol. The van der Waals surface area contributed by atoms with Crippen LogP contribution in [0.15, 0.2) is 0 Å². The Morgan fingerprint density at radius 1 is 0.793 bits per heavy atom. The Morgan fingerprint density at radius 2 is 1.52 bits per heavy atom. The highest BCUT2D eigenvalue weighted by molar-refractivity contribution is 5.09. The fourth-order valence-electron chi connectivity index (χ4n) is 9.74. The van der Waals surface area contributed by atoms with Gasteiger partial charge in [-0.2, -0.15) is 0 Å². The van der Waals surface area contributed by atoms with Crippen LogP contribution in [0.1, 0.15) is 125 Å². The van der Waals surface area contributed by atoms with Crippen LogP contribution in [0.3, 0.4) is 0 Å². The molecule has 4 fully saturated rings. The van der Waals surface area contributed by atoms with Crippen LogP contribution in [0.2, 0.25) is 0 Å². The van der Waals surface area contributed by atoms with Crippen molar-refractivity contribution in [2.24, 2.45) is 58.2 Å². The summed E-state index contributed by atoms with van der Waals surface area (Å²) in [6.07, 6.45) is 19.8. The number of fused-ring (bicyclic) bond motifs is 5.